The number of carbonyl (C=O) groups is 4. The standard InChI is InChI=1S/C36H43F4N5O5S/c1-36(45-34(49)22-9-3-2-4-10-22,28(46)21-50-32-29(39)25(37)20-26(38)30(32)40)14-6-8-16-42-24-13-12-23(19-24)33(48)44-27(11-5-7-15-41)31(47)35-43-17-18-51-35/h2-4,9-10,17-18,20,23-24,27,42H,5-8,11-16,19,21,41H2,1H3,(H,44,48)(H,45,49)/t23?,24?,27-,36-/m0/s1. The zero-order valence-electron chi connectivity index (χ0n) is 28.3. The first-order valence-corrected chi connectivity index (χ1v) is 17.9. The van der Waals surface area contributed by atoms with E-state index in [1.807, 2.05) is 0 Å². The lowest BCUT2D eigenvalue weighted by Crippen LogP contribution is -2.54. The molecule has 2 amide bonds. The minimum atomic E-state index is -1.78. The molecule has 1 aliphatic carbocycles. The van der Waals surface area contributed by atoms with Gasteiger partial charge in [0.05, 0.1) is 11.6 Å². The average Bonchev–Trinajstić information content (AvgIpc) is 3.84. The molecule has 0 aliphatic heterocycles. The van der Waals surface area contributed by atoms with Gasteiger partial charge in [-0.15, -0.1) is 11.3 Å². The molecular formula is C36H43F4N5O5S. The van der Waals surface area contributed by atoms with E-state index in [0.717, 1.165) is 12.8 Å². The summed E-state index contributed by atoms with van der Waals surface area (Å²) in [5.41, 5.74) is 4.33. The highest BCUT2D eigenvalue weighted by molar-refractivity contribution is 7.11. The van der Waals surface area contributed by atoms with Crippen molar-refractivity contribution in [3.05, 3.63) is 81.8 Å². The smallest absolute Gasteiger partial charge is 0.252 e. The van der Waals surface area contributed by atoms with Crippen molar-refractivity contribution in [1.82, 2.24) is 20.9 Å². The highest BCUT2D eigenvalue weighted by atomic mass is 32.1. The van der Waals surface area contributed by atoms with Crippen LogP contribution in [-0.4, -0.2) is 65.7 Å². The van der Waals surface area contributed by atoms with Gasteiger partial charge in [-0.2, -0.15) is 8.78 Å². The Morgan fingerprint density at radius 2 is 1.75 bits per heavy atom. The number of halogens is 4. The minimum absolute atomic E-state index is 0.0348. The van der Waals surface area contributed by atoms with Gasteiger partial charge in [0.2, 0.25) is 23.3 Å². The van der Waals surface area contributed by atoms with E-state index in [1.54, 1.807) is 41.9 Å². The first-order chi connectivity index (χ1) is 24.4. The molecule has 1 aromatic heterocycles. The summed E-state index contributed by atoms with van der Waals surface area (Å²) in [4.78, 5) is 56.7. The quantitative estimate of drug-likeness (QED) is 0.0532. The second kappa shape index (κ2) is 18.9. The molecule has 1 saturated carbocycles. The van der Waals surface area contributed by atoms with Crippen molar-refractivity contribution in [1.29, 1.82) is 0 Å². The number of aromatic nitrogens is 1. The van der Waals surface area contributed by atoms with Gasteiger partial charge in [0.15, 0.2) is 28.2 Å². The molecule has 2 unspecified atom stereocenters. The molecule has 1 aliphatic rings. The average molecular weight is 734 g/mol. The predicted molar refractivity (Wildman–Crippen MR) is 183 cm³/mol. The monoisotopic (exact) mass is 733 g/mol. The van der Waals surface area contributed by atoms with Crippen LogP contribution in [0.4, 0.5) is 17.6 Å². The number of thiazole rings is 1. The van der Waals surface area contributed by atoms with Crippen LogP contribution in [0.2, 0.25) is 0 Å². The van der Waals surface area contributed by atoms with Gasteiger partial charge in [0.25, 0.3) is 5.91 Å². The summed E-state index contributed by atoms with van der Waals surface area (Å²) in [7, 11) is 0. The number of ether oxygens (including phenoxy) is 1. The maximum Gasteiger partial charge on any atom is 0.252 e. The number of benzene rings is 2. The molecule has 51 heavy (non-hydrogen) atoms. The fourth-order valence-corrected chi connectivity index (χ4v) is 6.65. The van der Waals surface area contributed by atoms with Gasteiger partial charge >= 0.3 is 0 Å². The van der Waals surface area contributed by atoms with Crippen LogP contribution in [0.3, 0.4) is 0 Å². The van der Waals surface area contributed by atoms with E-state index in [2.05, 4.69) is 20.9 Å². The van der Waals surface area contributed by atoms with Crippen molar-refractivity contribution in [3.8, 4) is 5.75 Å². The summed E-state index contributed by atoms with van der Waals surface area (Å²) in [5.74, 6) is -10.2. The van der Waals surface area contributed by atoms with Gasteiger partial charge in [-0.05, 0) is 89.9 Å². The summed E-state index contributed by atoms with van der Waals surface area (Å²) in [6.07, 6.45) is 6.59. The van der Waals surface area contributed by atoms with Crippen molar-refractivity contribution in [2.24, 2.45) is 11.7 Å². The Labute approximate surface area is 297 Å². The number of carbonyl (C=O) groups excluding carboxylic acids is 4. The van der Waals surface area contributed by atoms with Crippen molar-refractivity contribution in [2.45, 2.75) is 82.3 Å². The van der Waals surface area contributed by atoms with Crippen molar-refractivity contribution in [3.63, 3.8) is 0 Å². The van der Waals surface area contributed by atoms with Gasteiger partial charge in [0, 0.05) is 35.2 Å². The lowest BCUT2D eigenvalue weighted by atomic mass is 9.89. The second-order valence-electron chi connectivity index (χ2n) is 12.8. The Balaban J connectivity index is 1.29. The molecule has 1 heterocycles. The molecule has 15 heteroatoms. The summed E-state index contributed by atoms with van der Waals surface area (Å²) in [6, 6.07) is 7.54. The Morgan fingerprint density at radius 3 is 2.41 bits per heavy atom. The molecule has 4 atom stereocenters. The van der Waals surface area contributed by atoms with E-state index >= 15 is 0 Å². The molecule has 1 fully saturated rings. The molecular weight excluding hydrogens is 690 g/mol. The fourth-order valence-electron chi connectivity index (χ4n) is 6.02. The van der Waals surface area contributed by atoms with Crippen LogP contribution in [0.5, 0.6) is 5.75 Å². The van der Waals surface area contributed by atoms with E-state index < -0.39 is 58.9 Å². The summed E-state index contributed by atoms with van der Waals surface area (Å²) >= 11 is 1.23. The number of amides is 2. The third-order valence-corrected chi connectivity index (χ3v) is 9.81. The van der Waals surface area contributed by atoms with E-state index in [4.69, 9.17) is 10.5 Å². The first-order valence-electron chi connectivity index (χ1n) is 17.0. The van der Waals surface area contributed by atoms with Crippen LogP contribution >= 0.6 is 11.3 Å². The Bertz CT molecular complexity index is 1620. The zero-order chi connectivity index (χ0) is 37.0. The lowest BCUT2D eigenvalue weighted by molar-refractivity contribution is -0.127. The molecule has 5 N–H and O–H groups in total. The van der Waals surface area contributed by atoms with Gasteiger partial charge in [-0.3, -0.25) is 19.2 Å². The number of hydrogen-bond donors (Lipinski definition) is 4. The van der Waals surface area contributed by atoms with Crippen LogP contribution in [0, 0.1) is 29.2 Å². The second-order valence-corrected chi connectivity index (χ2v) is 13.7. The largest absolute Gasteiger partial charge is 0.479 e. The van der Waals surface area contributed by atoms with Crippen LogP contribution in [0.25, 0.3) is 0 Å². The highest BCUT2D eigenvalue weighted by Gasteiger charge is 2.36. The van der Waals surface area contributed by atoms with Crippen LogP contribution in [0.1, 0.15) is 84.9 Å². The normalized spacial score (nSPS) is 17.4. The maximum atomic E-state index is 14.2. The molecule has 10 nitrogen and oxygen atoms in total. The highest BCUT2D eigenvalue weighted by Crippen LogP contribution is 2.28. The van der Waals surface area contributed by atoms with Gasteiger partial charge in [0.1, 0.15) is 6.61 Å². The molecule has 3 aromatic rings. The molecule has 4 rings (SSSR count). The van der Waals surface area contributed by atoms with E-state index in [1.165, 1.54) is 18.3 Å². The van der Waals surface area contributed by atoms with Crippen LogP contribution in [0.15, 0.2) is 48.0 Å². The number of rotatable bonds is 20. The molecule has 0 radical (unpaired) electrons. The van der Waals surface area contributed by atoms with Crippen molar-refractivity contribution < 1.29 is 41.5 Å². The molecule has 0 bridgehead atoms. The SMILES string of the molecule is C[C@@](CCCCNC1CCC(C(=O)N[C@@H](CCCCN)C(=O)c2nccs2)C1)(NC(=O)c1ccccc1)C(=O)COc1c(F)c(F)cc(F)c1F. The first kappa shape index (κ1) is 39.6. The number of ketones is 2. The Hall–Kier alpha value is -4.21. The summed E-state index contributed by atoms with van der Waals surface area (Å²) in [6.45, 7) is 1.52. The third kappa shape index (κ3) is 10.9. The summed E-state index contributed by atoms with van der Waals surface area (Å²) < 4.78 is 60.6. The van der Waals surface area contributed by atoms with Crippen LogP contribution < -0.4 is 26.4 Å². The van der Waals surface area contributed by atoms with E-state index in [-0.39, 0.29) is 41.7 Å². The number of nitrogens with two attached hydrogens (primary N) is 1. The fraction of sp³-hybridized carbons (Fsp3) is 0.472. The third-order valence-electron chi connectivity index (χ3n) is 9.02. The maximum absolute atomic E-state index is 14.2. The van der Waals surface area contributed by atoms with Gasteiger partial charge in [-0.25, -0.2) is 13.8 Å². The number of nitrogens with zero attached hydrogens (tertiary/aromatic N) is 1. The molecule has 276 valence electrons. The minimum Gasteiger partial charge on any atom is -0.479 e. The molecule has 0 spiro atoms. The predicted octanol–water partition coefficient (Wildman–Crippen LogP) is 5.26. The van der Waals surface area contributed by atoms with Crippen LogP contribution in [-0.2, 0) is 9.59 Å². The summed E-state index contributed by atoms with van der Waals surface area (Å²) in [5, 5.41) is 11.1. The topological polar surface area (TPSA) is 153 Å². The number of nitrogens with one attached hydrogen (secondary N) is 3. The van der Waals surface area contributed by atoms with Crippen molar-refractivity contribution in [2.75, 3.05) is 19.7 Å². The van der Waals surface area contributed by atoms with E-state index in [0.29, 0.717) is 56.6 Å². The Kier molecular flexibility index (Phi) is 14.6. The number of Topliss-reactive ketones (excluding diaryl/α,β-unsaturated/α-hetero) is 2. The lowest BCUT2D eigenvalue weighted by Gasteiger charge is -2.30. The van der Waals surface area contributed by atoms with Crippen molar-refractivity contribution >= 4 is 34.7 Å². The van der Waals surface area contributed by atoms with E-state index in [9.17, 15) is 36.7 Å². The molecule has 0 saturated heterocycles. The molecule has 2 aromatic carbocycles. The Morgan fingerprint density at radius 1 is 1.02 bits per heavy atom. The zero-order valence-corrected chi connectivity index (χ0v) is 29.1. The number of hydrogen-bond acceptors (Lipinski definition) is 9. The number of unbranched alkanes of at least 4 members (excludes halogenated alkanes) is 2. The van der Waals surface area contributed by atoms with Gasteiger partial charge < -0.3 is 26.4 Å². The van der Waals surface area contributed by atoms with Gasteiger partial charge in [-0.1, -0.05) is 18.2 Å².